The zero-order valence-corrected chi connectivity index (χ0v) is 15.8. The van der Waals surface area contributed by atoms with Crippen molar-refractivity contribution in [3.63, 3.8) is 0 Å². The fourth-order valence-corrected chi connectivity index (χ4v) is 3.95. The predicted molar refractivity (Wildman–Crippen MR) is 108 cm³/mol. The molecule has 6 nitrogen and oxygen atoms in total. The van der Waals surface area contributed by atoms with Crippen LogP contribution in [0.25, 0.3) is 16.8 Å². The third kappa shape index (κ3) is 3.26. The first-order valence-corrected chi connectivity index (χ1v) is 9.94. The van der Waals surface area contributed by atoms with Crippen molar-refractivity contribution in [3.05, 3.63) is 66.8 Å². The summed E-state index contributed by atoms with van der Waals surface area (Å²) in [5.74, 6) is 1.89. The summed E-state index contributed by atoms with van der Waals surface area (Å²) in [7, 11) is 0. The largest absolute Gasteiger partial charge is 0.469 e. The van der Waals surface area contributed by atoms with Gasteiger partial charge in [0.05, 0.1) is 6.26 Å². The van der Waals surface area contributed by atoms with E-state index in [2.05, 4.69) is 39.4 Å². The molecule has 28 heavy (non-hydrogen) atoms. The van der Waals surface area contributed by atoms with E-state index in [0.29, 0.717) is 0 Å². The minimum absolute atomic E-state index is 0.774. The molecule has 4 aromatic rings. The molecule has 142 valence electrons. The van der Waals surface area contributed by atoms with Crippen LogP contribution in [0.2, 0.25) is 0 Å². The molecule has 0 spiro atoms. The van der Waals surface area contributed by atoms with Gasteiger partial charge >= 0.3 is 0 Å². The summed E-state index contributed by atoms with van der Waals surface area (Å²) in [6.45, 7) is 2.30. The molecule has 4 heterocycles. The summed E-state index contributed by atoms with van der Waals surface area (Å²) in [5.41, 5.74) is 4.26. The van der Waals surface area contributed by atoms with Gasteiger partial charge in [-0.15, -0.1) is 10.2 Å². The Labute approximate surface area is 163 Å². The number of piperidine rings is 1. The third-order valence-electron chi connectivity index (χ3n) is 5.48. The molecule has 0 radical (unpaired) electrons. The van der Waals surface area contributed by atoms with E-state index in [1.54, 1.807) is 12.6 Å². The lowest BCUT2D eigenvalue weighted by molar-refractivity contribution is 0.506. The number of benzene rings is 1. The first-order valence-electron chi connectivity index (χ1n) is 9.94. The first-order chi connectivity index (χ1) is 13.9. The highest BCUT2D eigenvalue weighted by Crippen LogP contribution is 2.27. The van der Waals surface area contributed by atoms with Crippen molar-refractivity contribution in [1.29, 1.82) is 0 Å². The SMILES string of the molecule is c1coc(CCc2ncc(-c3ccc(N4CCCCC4)cc3)c3nncn23)c1. The van der Waals surface area contributed by atoms with E-state index in [9.17, 15) is 0 Å². The summed E-state index contributed by atoms with van der Waals surface area (Å²) in [6.07, 6.45) is 10.8. The lowest BCUT2D eigenvalue weighted by atomic mass is 10.1. The molecule has 0 atom stereocenters. The summed E-state index contributed by atoms with van der Waals surface area (Å²) in [4.78, 5) is 7.17. The molecule has 1 fully saturated rings. The number of aryl methyl sites for hydroxylation is 2. The van der Waals surface area contributed by atoms with Crippen LogP contribution in [0.15, 0.2) is 59.6 Å². The highest BCUT2D eigenvalue weighted by molar-refractivity contribution is 5.77. The lowest BCUT2D eigenvalue weighted by Crippen LogP contribution is -2.29. The van der Waals surface area contributed by atoms with Gasteiger partial charge in [-0.2, -0.15) is 0 Å². The topological polar surface area (TPSA) is 59.5 Å². The van der Waals surface area contributed by atoms with Gasteiger partial charge in [-0.05, 0) is 49.1 Å². The van der Waals surface area contributed by atoms with Crippen molar-refractivity contribution in [3.8, 4) is 11.1 Å². The van der Waals surface area contributed by atoms with Gasteiger partial charge in [-0.3, -0.25) is 4.40 Å². The van der Waals surface area contributed by atoms with E-state index >= 15 is 0 Å². The second kappa shape index (κ2) is 7.46. The number of furan rings is 1. The first kappa shape index (κ1) is 17.0. The Bertz CT molecular complexity index is 1050. The van der Waals surface area contributed by atoms with Crippen LogP contribution in [0.3, 0.4) is 0 Å². The van der Waals surface area contributed by atoms with Gasteiger partial charge in [0.2, 0.25) is 0 Å². The van der Waals surface area contributed by atoms with Gasteiger partial charge in [0, 0.05) is 43.4 Å². The van der Waals surface area contributed by atoms with Gasteiger partial charge in [-0.25, -0.2) is 4.98 Å². The Hall–Kier alpha value is -3.15. The fraction of sp³-hybridized carbons (Fsp3) is 0.318. The van der Waals surface area contributed by atoms with Crippen molar-refractivity contribution in [2.75, 3.05) is 18.0 Å². The second-order valence-electron chi connectivity index (χ2n) is 7.29. The molecule has 1 aliphatic heterocycles. The molecule has 6 heteroatoms. The number of hydrogen-bond acceptors (Lipinski definition) is 5. The van der Waals surface area contributed by atoms with Crippen LogP contribution in [0.5, 0.6) is 0 Å². The normalized spacial score (nSPS) is 14.6. The maximum atomic E-state index is 5.43. The molecule has 1 aromatic carbocycles. The highest BCUT2D eigenvalue weighted by Gasteiger charge is 2.14. The van der Waals surface area contributed by atoms with Crippen LogP contribution in [0.1, 0.15) is 30.8 Å². The van der Waals surface area contributed by atoms with Crippen molar-refractivity contribution < 1.29 is 4.42 Å². The molecule has 5 rings (SSSR count). The number of anilines is 1. The average molecular weight is 373 g/mol. The van der Waals surface area contributed by atoms with Gasteiger partial charge < -0.3 is 9.32 Å². The quantitative estimate of drug-likeness (QED) is 0.526. The number of nitrogens with zero attached hydrogens (tertiary/aromatic N) is 5. The van der Waals surface area contributed by atoms with Crippen LogP contribution in [-0.4, -0.2) is 32.7 Å². The van der Waals surface area contributed by atoms with Crippen LogP contribution >= 0.6 is 0 Å². The molecular formula is C22H23N5O. The summed E-state index contributed by atoms with van der Waals surface area (Å²) >= 11 is 0. The van der Waals surface area contributed by atoms with Gasteiger partial charge in [0.15, 0.2) is 5.65 Å². The predicted octanol–water partition coefficient (Wildman–Crippen LogP) is 4.16. The summed E-state index contributed by atoms with van der Waals surface area (Å²) in [5, 5.41) is 8.48. The van der Waals surface area contributed by atoms with Crippen LogP contribution in [0.4, 0.5) is 5.69 Å². The van der Waals surface area contributed by atoms with Crippen LogP contribution in [-0.2, 0) is 12.8 Å². The molecule has 0 bridgehead atoms. The van der Waals surface area contributed by atoms with E-state index < -0.39 is 0 Å². The van der Waals surface area contributed by atoms with Crippen LogP contribution < -0.4 is 4.90 Å². The number of fused-ring (bicyclic) bond motifs is 1. The van der Waals surface area contributed by atoms with Crippen LogP contribution in [0, 0.1) is 0 Å². The van der Waals surface area contributed by atoms with E-state index in [1.165, 1.54) is 24.9 Å². The summed E-state index contributed by atoms with van der Waals surface area (Å²) < 4.78 is 7.41. The molecule has 1 aliphatic rings. The smallest absolute Gasteiger partial charge is 0.171 e. The molecule has 0 aliphatic carbocycles. The minimum atomic E-state index is 0.774. The Morgan fingerprint density at radius 1 is 0.964 bits per heavy atom. The molecule has 0 saturated carbocycles. The maximum absolute atomic E-state index is 5.43. The Morgan fingerprint density at radius 3 is 2.61 bits per heavy atom. The maximum Gasteiger partial charge on any atom is 0.171 e. The zero-order valence-electron chi connectivity index (χ0n) is 15.8. The van der Waals surface area contributed by atoms with E-state index in [-0.39, 0.29) is 0 Å². The van der Waals surface area contributed by atoms with Gasteiger partial charge in [-0.1, -0.05) is 12.1 Å². The number of aromatic nitrogens is 4. The lowest BCUT2D eigenvalue weighted by Gasteiger charge is -2.28. The Balaban J connectivity index is 1.41. The second-order valence-corrected chi connectivity index (χ2v) is 7.29. The molecule has 0 amide bonds. The highest BCUT2D eigenvalue weighted by atomic mass is 16.3. The molecule has 1 saturated heterocycles. The van der Waals surface area contributed by atoms with Crippen molar-refractivity contribution in [1.82, 2.24) is 19.6 Å². The van der Waals surface area contributed by atoms with Gasteiger partial charge in [0.1, 0.15) is 17.9 Å². The number of rotatable bonds is 5. The Morgan fingerprint density at radius 2 is 1.82 bits per heavy atom. The third-order valence-corrected chi connectivity index (χ3v) is 5.48. The zero-order chi connectivity index (χ0) is 18.8. The van der Waals surface area contributed by atoms with Gasteiger partial charge in [0.25, 0.3) is 0 Å². The molecular weight excluding hydrogens is 350 g/mol. The monoisotopic (exact) mass is 373 g/mol. The molecule has 0 N–H and O–H groups in total. The summed E-state index contributed by atoms with van der Waals surface area (Å²) in [6, 6.07) is 12.6. The Kier molecular flexibility index (Phi) is 4.53. The van der Waals surface area contributed by atoms with Crippen molar-refractivity contribution in [2.24, 2.45) is 0 Å². The van der Waals surface area contributed by atoms with E-state index in [0.717, 1.165) is 54.3 Å². The van der Waals surface area contributed by atoms with E-state index in [1.807, 2.05) is 22.7 Å². The molecule has 3 aromatic heterocycles. The van der Waals surface area contributed by atoms with E-state index in [4.69, 9.17) is 9.40 Å². The minimum Gasteiger partial charge on any atom is -0.469 e. The van der Waals surface area contributed by atoms with Crippen molar-refractivity contribution in [2.45, 2.75) is 32.1 Å². The fourth-order valence-electron chi connectivity index (χ4n) is 3.95. The number of hydrogen-bond donors (Lipinski definition) is 0. The average Bonchev–Trinajstić information content (AvgIpc) is 3.45. The standard InChI is InChI=1S/C22H23N5O/c1-2-12-26(13-3-1)18-8-6-17(7-9-18)20-15-23-21(27-16-24-25-22(20)27)11-10-19-5-4-14-28-19/h4-9,14-16H,1-3,10-13H2. The van der Waals surface area contributed by atoms with Crippen molar-refractivity contribution >= 4 is 11.3 Å². The molecule has 0 unspecified atom stereocenters.